The van der Waals surface area contributed by atoms with Crippen LogP contribution in [0.3, 0.4) is 0 Å². The molecule has 32 heavy (non-hydrogen) atoms. The summed E-state index contributed by atoms with van der Waals surface area (Å²) in [5, 5.41) is 11.9. The van der Waals surface area contributed by atoms with Crippen LogP contribution in [0.2, 0.25) is 0 Å². The second-order valence-electron chi connectivity index (χ2n) is 8.09. The highest BCUT2D eigenvalue weighted by molar-refractivity contribution is 8.00. The lowest BCUT2D eigenvalue weighted by molar-refractivity contribution is -0.126. The number of H-pyrrole nitrogens is 1. The normalized spacial score (nSPS) is 16.0. The zero-order valence-corrected chi connectivity index (χ0v) is 18.6. The lowest BCUT2D eigenvalue weighted by Crippen LogP contribution is -2.60. The Kier molecular flexibility index (Phi) is 4.78. The third-order valence-electron chi connectivity index (χ3n) is 5.58. The fourth-order valence-electron chi connectivity index (χ4n) is 3.84. The number of aromatic amines is 1. The van der Waals surface area contributed by atoms with E-state index in [0.29, 0.717) is 22.5 Å². The lowest BCUT2D eigenvalue weighted by atomic mass is 9.96. The van der Waals surface area contributed by atoms with Crippen molar-refractivity contribution in [2.45, 2.75) is 36.8 Å². The Morgan fingerprint density at radius 2 is 1.88 bits per heavy atom. The molecule has 4 aromatic rings. The van der Waals surface area contributed by atoms with Gasteiger partial charge in [0, 0.05) is 17.1 Å². The first kappa shape index (κ1) is 20.3. The smallest absolute Gasteiger partial charge is 0.277 e. The lowest BCUT2D eigenvalue weighted by Gasteiger charge is -2.42. The summed E-state index contributed by atoms with van der Waals surface area (Å²) in [4.78, 5) is 30.9. The monoisotopic (exact) mass is 447 g/mol. The summed E-state index contributed by atoms with van der Waals surface area (Å²) >= 11 is 1.17. The van der Waals surface area contributed by atoms with Gasteiger partial charge in [-0.25, -0.2) is 0 Å². The SMILES string of the molecule is CC(Sc1nnc(-c2c[nH]c3ccccc23)o1)C(=O)N1c2ccccc2NC(=O)C1(C)C. The summed E-state index contributed by atoms with van der Waals surface area (Å²) < 4.78 is 5.86. The number of carbonyl (C=O) groups excluding carboxylic acids is 2. The van der Waals surface area contributed by atoms with E-state index in [9.17, 15) is 9.59 Å². The number of thioether (sulfide) groups is 1. The molecule has 2 amide bonds. The molecular formula is C23H21N5O3S. The van der Waals surface area contributed by atoms with Crippen LogP contribution in [-0.2, 0) is 9.59 Å². The Hall–Kier alpha value is -3.59. The molecule has 0 radical (unpaired) electrons. The molecule has 8 nitrogen and oxygen atoms in total. The van der Waals surface area contributed by atoms with E-state index in [-0.39, 0.29) is 11.8 Å². The van der Waals surface area contributed by atoms with Gasteiger partial charge in [-0.1, -0.05) is 42.1 Å². The summed E-state index contributed by atoms with van der Waals surface area (Å²) in [6.07, 6.45) is 1.83. The molecule has 0 spiro atoms. The average molecular weight is 448 g/mol. The van der Waals surface area contributed by atoms with E-state index in [1.807, 2.05) is 48.7 Å². The first-order chi connectivity index (χ1) is 15.4. The predicted octanol–water partition coefficient (Wildman–Crippen LogP) is 4.46. The van der Waals surface area contributed by atoms with E-state index in [1.165, 1.54) is 11.8 Å². The second kappa shape index (κ2) is 7.52. The first-order valence-electron chi connectivity index (χ1n) is 10.2. The Labute approximate surface area is 188 Å². The molecule has 0 bridgehead atoms. The Bertz CT molecular complexity index is 1340. The quantitative estimate of drug-likeness (QED) is 0.448. The van der Waals surface area contributed by atoms with Gasteiger partial charge in [-0.05, 0) is 39.0 Å². The molecule has 2 aromatic heterocycles. The zero-order valence-electron chi connectivity index (χ0n) is 17.7. The fraction of sp³-hybridized carbons (Fsp3) is 0.217. The number of fused-ring (bicyclic) bond motifs is 2. The van der Waals surface area contributed by atoms with Gasteiger partial charge >= 0.3 is 0 Å². The molecule has 5 rings (SSSR count). The molecule has 0 fully saturated rings. The molecular weight excluding hydrogens is 426 g/mol. The molecule has 9 heteroatoms. The Morgan fingerprint density at radius 1 is 1.12 bits per heavy atom. The van der Waals surface area contributed by atoms with Gasteiger partial charge in [0.2, 0.25) is 11.8 Å². The van der Waals surface area contributed by atoms with Crippen LogP contribution in [0.1, 0.15) is 20.8 Å². The third kappa shape index (κ3) is 3.25. The molecule has 3 heterocycles. The van der Waals surface area contributed by atoms with Crippen LogP contribution in [0.25, 0.3) is 22.4 Å². The standard InChI is InChI=1S/C23H21N5O3S/c1-13(20(29)28-18-11-7-6-10-17(18)25-21(30)23(28,2)3)32-22-27-26-19(31-22)15-12-24-16-9-5-4-8-14(15)16/h4-13,24H,1-3H3,(H,25,30). The number of para-hydroxylation sites is 3. The van der Waals surface area contributed by atoms with Gasteiger partial charge < -0.3 is 14.7 Å². The third-order valence-corrected chi connectivity index (χ3v) is 6.50. The molecule has 0 saturated carbocycles. The second-order valence-corrected chi connectivity index (χ2v) is 9.38. The summed E-state index contributed by atoms with van der Waals surface area (Å²) in [5.41, 5.74) is 2.02. The number of anilines is 2. The summed E-state index contributed by atoms with van der Waals surface area (Å²) in [6, 6.07) is 15.1. The number of nitrogens with zero attached hydrogens (tertiary/aromatic N) is 3. The predicted molar refractivity (Wildman–Crippen MR) is 124 cm³/mol. The first-order valence-corrected chi connectivity index (χ1v) is 11.1. The van der Waals surface area contributed by atoms with E-state index in [4.69, 9.17) is 4.42 Å². The summed E-state index contributed by atoms with van der Waals surface area (Å²) in [5.74, 6) is -0.0667. The van der Waals surface area contributed by atoms with Crippen LogP contribution in [-0.4, -0.2) is 37.8 Å². The minimum atomic E-state index is -1.04. The van der Waals surface area contributed by atoms with Gasteiger partial charge in [-0.15, -0.1) is 10.2 Å². The van der Waals surface area contributed by atoms with Crippen LogP contribution in [0.4, 0.5) is 11.4 Å². The molecule has 2 aromatic carbocycles. The number of amides is 2. The molecule has 1 atom stereocenters. The number of hydrogen-bond donors (Lipinski definition) is 2. The highest BCUT2D eigenvalue weighted by Gasteiger charge is 2.45. The van der Waals surface area contributed by atoms with Gasteiger partial charge in [-0.3, -0.25) is 14.5 Å². The highest BCUT2D eigenvalue weighted by Crippen LogP contribution is 2.39. The molecule has 1 aliphatic rings. The molecule has 2 N–H and O–H groups in total. The average Bonchev–Trinajstić information content (AvgIpc) is 3.41. The maximum absolute atomic E-state index is 13.5. The van der Waals surface area contributed by atoms with Gasteiger partial charge in [0.25, 0.3) is 11.1 Å². The van der Waals surface area contributed by atoms with Crippen molar-refractivity contribution in [2.24, 2.45) is 0 Å². The zero-order chi connectivity index (χ0) is 22.5. The number of aromatic nitrogens is 3. The molecule has 162 valence electrons. The van der Waals surface area contributed by atoms with E-state index in [0.717, 1.165) is 16.5 Å². The van der Waals surface area contributed by atoms with E-state index in [1.54, 1.807) is 31.7 Å². The van der Waals surface area contributed by atoms with Crippen molar-refractivity contribution in [1.82, 2.24) is 15.2 Å². The number of hydrogen-bond acceptors (Lipinski definition) is 6. The van der Waals surface area contributed by atoms with Crippen molar-refractivity contribution in [3.05, 3.63) is 54.7 Å². The number of carbonyl (C=O) groups is 2. The van der Waals surface area contributed by atoms with Crippen molar-refractivity contribution in [3.8, 4) is 11.5 Å². The van der Waals surface area contributed by atoms with Gasteiger partial charge in [0.1, 0.15) is 5.54 Å². The van der Waals surface area contributed by atoms with Crippen LogP contribution in [0, 0.1) is 0 Å². The molecule has 1 aliphatic heterocycles. The Morgan fingerprint density at radius 3 is 2.72 bits per heavy atom. The van der Waals surface area contributed by atoms with Crippen LogP contribution < -0.4 is 10.2 Å². The number of nitrogens with one attached hydrogen (secondary N) is 2. The van der Waals surface area contributed by atoms with Crippen LogP contribution in [0.15, 0.2) is 64.4 Å². The minimum Gasteiger partial charge on any atom is -0.411 e. The van der Waals surface area contributed by atoms with Crippen molar-refractivity contribution in [3.63, 3.8) is 0 Å². The largest absolute Gasteiger partial charge is 0.411 e. The summed E-state index contributed by atoms with van der Waals surface area (Å²) in [7, 11) is 0. The topological polar surface area (TPSA) is 104 Å². The van der Waals surface area contributed by atoms with E-state index >= 15 is 0 Å². The van der Waals surface area contributed by atoms with Gasteiger partial charge in [0.15, 0.2) is 0 Å². The van der Waals surface area contributed by atoms with Crippen molar-refractivity contribution in [1.29, 1.82) is 0 Å². The van der Waals surface area contributed by atoms with Gasteiger partial charge in [0.05, 0.1) is 22.2 Å². The Balaban J connectivity index is 1.40. The van der Waals surface area contributed by atoms with E-state index < -0.39 is 10.8 Å². The maximum Gasteiger partial charge on any atom is 0.277 e. The van der Waals surface area contributed by atoms with Crippen molar-refractivity contribution in [2.75, 3.05) is 10.2 Å². The maximum atomic E-state index is 13.5. The van der Waals surface area contributed by atoms with Crippen molar-refractivity contribution < 1.29 is 14.0 Å². The summed E-state index contributed by atoms with van der Waals surface area (Å²) in [6.45, 7) is 5.23. The molecule has 0 aliphatic carbocycles. The highest BCUT2D eigenvalue weighted by atomic mass is 32.2. The van der Waals surface area contributed by atoms with Crippen molar-refractivity contribution >= 4 is 45.9 Å². The fourth-order valence-corrected chi connectivity index (χ4v) is 4.57. The molecule has 1 unspecified atom stereocenters. The van der Waals surface area contributed by atoms with Crippen LogP contribution in [0.5, 0.6) is 0 Å². The van der Waals surface area contributed by atoms with Gasteiger partial charge in [-0.2, -0.15) is 0 Å². The van der Waals surface area contributed by atoms with E-state index in [2.05, 4.69) is 20.5 Å². The van der Waals surface area contributed by atoms with Crippen LogP contribution >= 0.6 is 11.8 Å². The number of benzene rings is 2. The number of rotatable bonds is 4. The molecule has 0 saturated heterocycles. The minimum absolute atomic E-state index is 0.214.